The molecule has 1 aliphatic heterocycles. The molecule has 0 aliphatic carbocycles. The molecule has 0 atom stereocenters. The lowest BCUT2D eigenvalue weighted by Gasteiger charge is -2.27. The normalized spacial score (nSPS) is 18.1. The summed E-state index contributed by atoms with van der Waals surface area (Å²) < 4.78 is 5.35. The van der Waals surface area contributed by atoms with Gasteiger partial charge in [0.15, 0.2) is 0 Å². The number of nitrogens with two attached hydrogens (primary N) is 1. The van der Waals surface area contributed by atoms with Gasteiger partial charge >= 0.3 is 0 Å². The van der Waals surface area contributed by atoms with Crippen molar-refractivity contribution < 1.29 is 9.53 Å². The molecule has 0 radical (unpaired) electrons. The van der Waals surface area contributed by atoms with Crippen molar-refractivity contribution in [2.24, 2.45) is 5.73 Å². The van der Waals surface area contributed by atoms with Crippen LogP contribution in [0.4, 0.5) is 0 Å². The molecular weight excluding hydrogens is 254 g/mol. The second-order valence-electron chi connectivity index (χ2n) is 6.21. The highest BCUT2D eigenvalue weighted by atomic mass is 16.5. The lowest BCUT2D eigenvalue weighted by atomic mass is 10.0. The lowest BCUT2D eigenvalue weighted by molar-refractivity contribution is -0.136. The van der Waals surface area contributed by atoms with Crippen LogP contribution >= 0.6 is 0 Å². The third kappa shape index (κ3) is 6.20. The molecule has 0 bridgehead atoms. The van der Waals surface area contributed by atoms with E-state index < -0.39 is 0 Å². The number of nitrogens with zero attached hydrogens (tertiary/aromatic N) is 2. The quantitative estimate of drug-likeness (QED) is 0.711. The molecule has 5 heteroatoms. The van der Waals surface area contributed by atoms with Gasteiger partial charge in [-0.15, -0.1) is 0 Å². The van der Waals surface area contributed by atoms with Crippen molar-refractivity contribution in [2.75, 3.05) is 46.4 Å². The first-order chi connectivity index (χ1) is 9.48. The number of rotatable bonds is 7. The highest BCUT2D eigenvalue weighted by molar-refractivity contribution is 5.77. The predicted molar refractivity (Wildman–Crippen MR) is 81.6 cm³/mol. The molecule has 1 rings (SSSR count). The molecule has 0 saturated carbocycles. The molecule has 1 heterocycles. The van der Waals surface area contributed by atoms with Crippen LogP contribution in [0.15, 0.2) is 0 Å². The third-order valence-electron chi connectivity index (χ3n) is 4.00. The van der Waals surface area contributed by atoms with Crippen LogP contribution < -0.4 is 5.73 Å². The highest BCUT2D eigenvalue weighted by Gasteiger charge is 2.26. The number of methoxy groups -OCH3 is 1. The zero-order chi connectivity index (χ0) is 15.0. The van der Waals surface area contributed by atoms with Crippen molar-refractivity contribution in [2.45, 2.75) is 45.1 Å². The van der Waals surface area contributed by atoms with Crippen LogP contribution in [-0.4, -0.2) is 67.7 Å². The highest BCUT2D eigenvalue weighted by Crippen LogP contribution is 2.16. The van der Waals surface area contributed by atoms with Crippen molar-refractivity contribution in [1.82, 2.24) is 9.80 Å². The maximum atomic E-state index is 12.3. The fourth-order valence-electron chi connectivity index (χ4n) is 2.47. The van der Waals surface area contributed by atoms with Gasteiger partial charge in [0.05, 0.1) is 12.0 Å². The first-order valence-corrected chi connectivity index (χ1v) is 7.74. The second kappa shape index (κ2) is 8.60. The third-order valence-corrected chi connectivity index (χ3v) is 4.00. The van der Waals surface area contributed by atoms with Gasteiger partial charge in [0.1, 0.15) is 0 Å². The van der Waals surface area contributed by atoms with E-state index in [1.54, 1.807) is 7.11 Å². The van der Waals surface area contributed by atoms with Crippen molar-refractivity contribution in [1.29, 1.82) is 0 Å². The first kappa shape index (κ1) is 17.4. The number of ether oxygens (including phenoxy) is 1. The number of hydrogen-bond acceptors (Lipinski definition) is 4. The summed E-state index contributed by atoms with van der Waals surface area (Å²) >= 11 is 0. The van der Waals surface area contributed by atoms with E-state index >= 15 is 0 Å². The molecule has 0 unspecified atom stereocenters. The molecule has 20 heavy (non-hydrogen) atoms. The summed E-state index contributed by atoms with van der Waals surface area (Å²) in [7, 11) is 1.66. The Morgan fingerprint density at radius 2 is 1.95 bits per heavy atom. The van der Waals surface area contributed by atoms with Gasteiger partial charge in [0.2, 0.25) is 5.91 Å². The molecule has 0 aromatic heterocycles. The standard InChI is InChI=1S/C15H31N3O2/c1-15(2,20-3)13-14(19)18-10-6-9-17(11-12-18)8-5-4-7-16/h4-13,16H2,1-3H3. The van der Waals surface area contributed by atoms with Crippen molar-refractivity contribution in [3.63, 3.8) is 0 Å². The number of hydrogen-bond donors (Lipinski definition) is 1. The van der Waals surface area contributed by atoms with Gasteiger partial charge in [0, 0.05) is 26.7 Å². The van der Waals surface area contributed by atoms with Crippen LogP contribution in [0.3, 0.4) is 0 Å². The summed E-state index contributed by atoms with van der Waals surface area (Å²) in [6, 6.07) is 0. The van der Waals surface area contributed by atoms with Crippen molar-refractivity contribution in [3.05, 3.63) is 0 Å². The van der Waals surface area contributed by atoms with E-state index in [1.807, 2.05) is 18.7 Å². The Morgan fingerprint density at radius 3 is 2.60 bits per heavy atom. The molecule has 0 spiro atoms. The van der Waals surface area contributed by atoms with Gasteiger partial charge < -0.3 is 20.3 Å². The Bertz CT molecular complexity index is 295. The van der Waals surface area contributed by atoms with Gasteiger partial charge in [-0.05, 0) is 52.7 Å². The summed E-state index contributed by atoms with van der Waals surface area (Å²) in [5.74, 6) is 0.209. The van der Waals surface area contributed by atoms with Gasteiger partial charge in [0.25, 0.3) is 0 Å². The van der Waals surface area contributed by atoms with Gasteiger partial charge in [-0.1, -0.05) is 0 Å². The van der Waals surface area contributed by atoms with Crippen LogP contribution in [0.25, 0.3) is 0 Å². The molecule has 2 N–H and O–H groups in total. The van der Waals surface area contributed by atoms with Crippen LogP contribution in [0.2, 0.25) is 0 Å². The molecule has 1 aliphatic rings. The van der Waals surface area contributed by atoms with E-state index in [-0.39, 0.29) is 11.5 Å². The molecule has 118 valence electrons. The maximum absolute atomic E-state index is 12.3. The van der Waals surface area contributed by atoms with E-state index in [9.17, 15) is 4.79 Å². The number of unbranched alkanes of at least 4 members (excludes halogenated alkanes) is 1. The summed E-state index contributed by atoms with van der Waals surface area (Å²) in [6.45, 7) is 9.55. The maximum Gasteiger partial charge on any atom is 0.225 e. The monoisotopic (exact) mass is 285 g/mol. The number of carbonyl (C=O) groups excluding carboxylic acids is 1. The topological polar surface area (TPSA) is 58.8 Å². The molecular formula is C15H31N3O2. The smallest absolute Gasteiger partial charge is 0.225 e. The zero-order valence-electron chi connectivity index (χ0n) is 13.4. The van der Waals surface area contributed by atoms with E-state index in [1.165, 1.54) is 0 Å². The van der Waals surface area contributed by atoms with Gasteiger partial charge in [-0.3, -0.25) is 4.79 Å². The van der Waals surface area contributed by atoms with Crippen LogP contribution in [0, 0.1) is 0 Å². The summed E-state index contributed by atoms with van der Waals surface area (Å²) in [6.07, 6.45) is 3.75. The van der Waals surface area contributed by atoms with E-state index in [0.29, 0.717) is 6.42 Å². The van der Waals surface area contributed by atoms with Crippen molar-refractivity contribution in [3.8, 4) is 0 Å². The Hall–Kier alpha value is -0.650. The minimum atomic E-state index is -0.371. The SMILES string of the molecule is COC(C)(C)CC(=O)N1CCCN(CCCCN)CC1. The Morgan fingerprint density at radius 1 is 1.20 bits per heavy atom. The molecule has 1 fully saturated rings. The summed E-state index contributed by atoms with van der Waals surface area (Å²) in [5.41, 5.74) is 5.15. The minimum Gasteiger partial charge on any atom is -0.378 e. The molecule has 5 nitrogen and oxygen atoms in total. The molecule has 1 amide bonds. The second-order valence-corrected chi connectivity index (χ2v) is 6.21. The summed E-state index contributed by atoms with van der Waals surface area (Å²) in [5, 5.41) is 0. The van der Waals surface area contributed by atoms with Gasteiger partial charge in [-0.2, -0.15) is 0 Å². The van der Waals surface area contributed by atoms with E-state index in [2.05, 4.69) is 4.90 Å². The zero-order valence-corrected chi connectivity index (χ0v) is 13.4. The first-order valence-electron chi connectivity index (χ1n) is 7.74. The Labute approximate surface area is 123 Å². The average Bonchev–Trinajstić information content (AvgIpc) is 2.64. The Kier molecular flexibility index (Phi) is 7.48. The van der Waals surface area contributed by atoms with Crippen molar-refractivity contribution >= 4 is 5.91 Å². The largest absolute Gasteiger partial charge is 0.378 e. The Balaban J connectivity index is 2.37. The number of carbonyl (C=O) groups is 1. The van der Waals surface area contributed by atoms with E-state index in [0.717, 1.165) is 58.5 Å². The van der Waals surface area contributed by atoms with Crippen LogP contribution in [0.5, 0.6) is 0 Å². The number of amides is 1. The molecule has 0 aromatic carbocycles. The fraction of sp³-hybridized carbons (Fsp3) is 0.933. The van der Waals surface area contributed by atoms with E-state index in [4.69, 9.17) is 10.5 Å². The van der Waals surface area contributed by atoms with Crippen LogP contribution in [0.1, 0.15) is 39.5 Å². The average molecular weight is 285 g/mol. The van der Waals surface area contributed by atoms with Crippen LogP contribution in [-0.2, 0) is 9.53 Å². The fourth-order valence-corrected chi connectivity index (χ4v) is 2.47. The molecule has 0 aromatic rings. The van der Waals surface area contributed by atoms with Gasteiger partial charge in [-0.25, -0.2) is 0 Å². The minimum absolute atomic E-state index is 0.209. The predicted octanol–water partition coefficient (Wildman–Crippen LogP) is 1.07. The molecule has 1 saturated heterocycles. The summed E-state index contributed by atoms with van der Waals surface area (Å²) in [4.78, 5) is 16.7. The lowest BCUT2D eigenvalue weighted by Crippen LogP contribution is -2.39.